The summed E-state index contributed by atoms with van der Waals surface area (Å²) in [6.07, 6.45) is 0.661. The summed E-state index contributed by atoms with van der Waals surface area (Å²) in [7, 11) is 0. The molecule has 52 valence electrons. The van der Waals surface area contributed by atoms with Crippen LogP contribution >= 0.6 is 0 Å². The van der Waals surface area contributed by atoms with Gasteiger partial charge in [-0.05, 0) is 6.42 Å². The van der Waals surface area contributed by atoms with E-state index in [0.717, 1.165) is 0 Å². The summed E-state index contributed by atoms with van der Waals surface area (Å²) < 4.78 is 0. The van der Waals surface area contributed by atoms with Crippen molar-refractivity contribution in [1.29, 1.82) is 0 Å². The van der Waals surface area contributed by atoms with Gasteiger partial charge in [-0.3, -0.25) is 4.84 Å². The van der Waals surface area contributed by atoms with Gasteiger partial charge in [-0.1, -0.05) is 13.8 Å². The number of rotatable bonds is 3. The van der Waals surface area contributed by atoms with E-state index in [-0.39, 0.29) is 5.92 Å². The van der Waals surface area contributed by atoms with Crippen LogP contribution in [0.5, 0.6) is 0 Å². The molecule has 0 spiro atoms. The summed E-state index contributed by atoms with van der Waals surface area (Å²) in [6, 6.07) is 0. The molecule has 0 aliphatic carbocycles. The summed E-state index contributed by atoms with van der Waals surface area (Å²) in [5.41, 5.74) is 0. The van der Waals surface area contributed by atoms with Gasteiger partial charge in [-0.15, -0.1) is 4.91 Å². The van der Waals surface area contributed by atoms with Gasteiger partial charge in [0.05, 0.1) is 5.92 Å². The van der Waals surface area contributed by atoms with Gasteiger partial charge in [0, 0.05) is 0 Å². The fourth-order valence-corrected chi connectivity index (χ4v) is 0.293. The van der Waals surface area contributed by atoms with E-state index in [9.17, 15) is 9.70 Å². The van der Waals surface area contributed by atoms with Crippen molar-refractivity contribution in [2.24, 2.45) is 11.3 Å². The van der Waals surface area contributed by atoms with Crippen molar-refractivity contribution in [3.63, 3.8) is 0 Å². The van der Waals surface area contributed by atoms with Gasteiger partial charge < -0.3 is 0 Å². The van der Waals surface area contributed by atoms with Gasteiger partial charge >= 0.3 is 5.97 Å². The lowest BCUT2D eigenvalue weighted by molar-refractivity contribution is -0.148. The molecule has 1 atom stereocenters. The van der Waals surface area contributed by atoms with Gasteiger partial charge in [-0.2, -0.15) is 0 Å². The average molecular weight is 131 g/mol. The minimum absolute atomic E-state index is 0.234. The Bertz CT molecular complexity index is 113. The van der Waals surface area contributed by atoms with Crippen molar-refractivity contribution < 1.29 is 9.63 Å². The summed E-state index contributed by atoms with van der Waals surface area (Å²) in [6.45, 7) is 3.50. The van der Waals surface area contributed by atoms with Crippen molar-refractivity contribution in [3.8, 4) is 0 Å². The predicted molar refractivity (Wildman–Crippen MR) is 31.3 cm³/mol. The second-order valence-electron chi connectivity index (χ2n) is 1.79. The molecule has 0 rings (SSSR count). The Morgan fingerprint density at radius 3 is 2.67 bits per heavy atom. The quantitative estimate of drug-likeness (QED) is 0.428. The normalized spacial score (nSPS) is 12.2. The molecule has 9 heavy (non-hydrogen) atoms. The number of nitrogens with zero attached hydrogens (tertiary/aromatic N) is 1. The van der Waals surface area contributed by atoms with Crippen LogP contribution in [-0.2, 0) is 9.63 Å². The van der Waals surface area contributed by atoms with Gasteiger partial charge in [0.25, 0.3) is 0 Å². The van der Waals surface area contributed by atoms with E-state index in [0.29, 0.717) is 6.42 Å². The van der Waals surface area contributed by atoms with Crippen LogP contribution in [0.1, 0.15) is 20.3 Å². The molecule has 0 N–H and O–H groups in total. The largest absolute Gasteiger partial charge is 0.341 e. The summed E-state index contributed by atoms with van der Waals surface area (Å²) in [4.78, 5) is 23.6. The Kier molecular flexibility index (Phi) is 3.59. The van der Waals surface area contributed by atoms with E-state index in [4.69, 9.17) is 0 Å². The molecular formula is C5H9NO3. The van der Waals surface area contributed by atoms with Crippen LogP contribution in [-0.4, -0.2) is 5.97 Å². The monoisotopic (exact) mass is 131 g/mol. The molecule has 4 heteroatoms. The van der Waals surface area contributed by atoms with Crippen LogP contribution in [0.3, 0.4) is 0 Å². The second kappa shape index (κ2) is 4.00. The molecule has 0 saturated carbocycles. The van der Waals surface area contributed by atoms with Crippen molar-refractivity contribution in [1.82, 2.24) is 0 Å². The topological polar surface area (TPSA) is 55.7 Å². The van der Waals surface area contributed by atoms with E-state index in [1.165, 1.54) is 0 Å². The molecule has 0 aromatic carbocycles. The first-order chi connectivity index (χ1) is 4.22. The van der Waals surface area contributed by atoms with Gasteiger partial charge in [0.15, 0.2) is 5.34 Å². The van der Waals surface area contributed by atoms with Crippen LogP contribution in [0.2, 0.25) is 0 Å². The van der Waals surface area contributed by atoms with E-state index < -0.39 is 5.97 Å². The summed E-state index contributed by atoms with van der Waals surface area (Å²) in [5.74, 6) is -0.796. The molecule has 0 heterocycles. The van der Waals surface area contributed by atoms with E-state index in [2.05, 4.69) is 4.84 Å². The van der Waals surface area contributed by atoms with Gasteiger partial charge in [0.1, 0.15) is 0 Å². The standard InChI is InChI=1S/C5H9NO3/c1-3-4(2)5(7)9-6-8/h4H,3H2,1-2H3. The Morgan fingerprint density at radius 2 is 2.33 bits per heavy atom. The molecular weight excluding hydrogens is 122 g/mol. The molecule has 0 aromatic heterocycles. The molecule has 0 bridgehead atoms. The Labute approximate surface area is 53.1 Å². The van der Waals surface area contributed by atoms with E-state index in [1.54, 1.807) is 6.92 Å². The lowest BCUT2D eigenvalue weighted by Gasteiger charge is -1.99. The fourth-order valence-electron chi connectivity index (χ4n) is 0.293. The number of hydrogen-bond acceptors (Lipinski definition) is 4. The van der Waals surface area contributed by atoms with Crippen LogP contribution in [0, 0.1) is 10.8 Å². The first-order valence-electron chi connectivity index (χ1n) is 2.75. The second-order valence-corrected chi connectivity index (χ2v) is 1.79. The first-order valence-corrected chi connectivity index (χ1v) is 2.75. The van der Waals surface area contributed by atoms with E-state index in [1.807, 2.05) is 12.3 Å². The van der Waals surface area contributed by atoms with Crippen molar-refractivity contribution in [2.75, 3.05) is 0 Å². The zero-order valence-electron chi connectivity index (χ0n) is 5.46. The molecule has 0 aromatic rings. The maximum Gasteiger partial charge on any atom is 0.341 e. The van der Waals surface area contributed by atoms with E-state index >= 15 is 0 Å². The molecule has 0 saturated heterocycles. The Morgan fingerprint density at radius 1 is 1.78 bits per heavy atom. The highest BCUT2D eigenvalue weighted by molar-refractivity contribution is 5.71. The minimum Gasteiger partial charge on any atom is -0.284 e. The maximum atomic E-state index is 10.5. The van der Waals surface area contributed by atoms with Crippen LogP contribution in [0.15, 0.2) is 5.34 Å². The molecule has 0 radical (unpaired) electrons. The first kappa shape index (κ1) is 8.07. The predicted octanol–water partition coefficient (Wildman–Crippen LogP) is 1.26. The van der Waals surface area contributed by atoms with Crippen LogP contribution in [0.4, 0.5) is 0 Å². The van der Waals surface area contributed by atoms with Crippen molar-refractivity contribution >= 4 is 5.97 Å². The number of hydrogen-bond donors (Lipinski definition) is 0. The van der Waals surface area contributed by atoms with Gasteiger partial charge in [0.2, 0.25) is 0 Å². The Hall–Kier alpha value is -0.930. The third-order valence-electron chi connectivity index (χ3n) is 1.14. The lowest BCUT2D eigenvalue weighted by Crippen LogP contribution is -2.10. The SMILES string of the molecule is CCC(C)C(=O)ON=O. The highest BCUT2D eigenvalue weighted by Gasteiger charge is 2.11. The summed E-state index contributed by atoms with van der Waals surface area (Å²) in [5, 5.41) is 2.01. The molecule has 0 aliphatic rings. The molecule has 1 unspecified atom stereocenters. The Balaban J connectivity index is 3.58. The lowest BCUT2D eigenvalue weighted by atomic mass is 10.1. The molecule has 0 amide bonds. The number of carbonyl (C=O) groups is 1. The van der Waals surface area contributed by atoms with Crippen LogP contribution in [0.25, 0.3) is 0 Å². The van der Waals surface area contributed by atoms with Crippen molar-refractivity contribution in [3.05, 3.63) is 4.91 Å². The maximum absolute atomic E-state index is 10.5. The molecule has 0 fully saturated rings. The van der Waals surface area contributed by atoms with Gasteiger partial charge in [-0.25, -0.2) is 4.79 Å². The highest BCUT2D eigenvalue weighted by Crippen LogP contribution is 2.02. The smallest absolute Gasteiger partial charge is 0.284 e. The molecule has 0 aliphatic heterocycles. The van der Waals surface area contributed by atoms with Crippen LogP contribution < -0.4 is 0 Å². The zero-order chi connectivity index (χ0) is 7.28. The average Bonchev–Trinajstić information content (AvgIpc) is 1.87. The fraction of sp³-hybridized carbons (Fsp3) is 0.800. The third-order valence-corrected chi connectivity index (χ3v) is 1.14. The minimum atomic E-state index is -0.562. The zero-order valence-corrected chi connectivity index (χ0v) is 5.46. The number of carbonyl (C=O) groups excluding carboxylic acids is 1. The summed E-state index contributed by atoms with van der Waals surface area (Å²) >= 11 is 0. The molecule has 4 nitrogen and oxygen atoms in total. The van der Waals surface area contributed by atoms with Crippen molar-refractivity contribution in [2.45, 2.75) is 20.3 Å². The highest BCUT2D eigenvalue weighted by atomic mass is 16.7. The third kappa shape index (κ3) is 2.79.